The van der Waals surface area contributed by atoms with Crippen molar-refractivity contribution in [3.8, 4) is 22.5 Å². The number of methoxy groups -OCH3 is 1. The van der Waals surface area contributed by atoms with Crippen LogP contribution in [0.3, 0.4) is 0 Å². The van der Waals surface area contributed by atoms with Gasteiger partial charge in [0.05, 0.1) is 24.7 Å². The molecular formula is C23H28ClFN6O4S. The summed E-state index contributed by atoms with van der Waals surface area (Å²) < 4.78 is 70.4. The summed E-state index contributed by atoms with van der Waals surface area (Å²) in [6, 6.07) is 2.64. The fourth-order valence-electron chi connectivity index (χ4n) is 3.36. The van der Waals surface area contributed by atoms with Gasteiger partial charge in [0.1, 0.15) is 11.5 Å². The summed E-state index contributed by atoms with van der Waals surface area (Å²) >= 11 is 6.19. The zero-order valence-electron chi connectivity index (χ0n) is 23.0. The van der Waals surface area contributed by atoms with Crippen LogP contribution in [0.5, 0.6) is 0 Å². The number of carbonyl (C=O) groups excluding carboxylic acids is 1. The van der Waals surface area contributed by atoms with Crippen molar-refractivity contribution < 1.29 is 26.5 Å². The first-order valence-electron chi connectivity index (χ1n) is 12.3. The molecule has 1 aromatic carbocycles. The summed E-state index contributed by atoms with van der Waals surface area (Å²) in [6.07, 6.45) is 4.10. The molecule has 0 saturated heterocycles. The van der Waals surface area contributed by atoms with Gasteiger partial charge >= 0.3 is 6.09 Å². The minimum Gasteiger partial charge on any atom is -0.453 e. The van der Waals surface area contributed by atoms with Crippen molar-refractivity contribution in [3.63, 3.8) is 0 Å². The quantitative estimate of drug-likeness (QED) is 0.410. The van der Waals surface area contributed by atoms with Gasteiger partial charge in [0.15, 0.2) is 5.82 Å². The fraction of sp³-hybridized carbons (Fsp3) is 0.391. The summed E-state index contributed by atoms with van der Waals surface area (Å²) in [5.74, 6) is -0.533. The first kappa shape index (κ1) is 23.2. The molecule has 10 nitrogen and oxygen atoms in total. The Bertz CT molecular complexity index is 1470. The molecule has 194 valence electrons. The van der Waals surface area contributed by atoms with Gasteiger partial charge in [-0.15, -0.1) is 0 Å². The Morgan fingerprint density at radius 1 is 1.33 bits per heavy atom. The second-order valence-corrected chi connectivity index (χ2v) is 10.4. The minimum atomic E-state index is -3.84. The number of sulfonamides is 1. The van der Waals surface area contributed by atoms with E-state index in [1.54, 1.807) is 13.0 Å². The number of alkyl carbamates (subject to hydrolysis) is 1. The van der Waals surface area contributed by atoms with Crippen LogP contribution in [-0.4, -0.2) is 53.7 Å². The smallest absolute Gasteiger partial charge is 0.407 e. The van der Waals surface area contributed by atoms with E-state index in [9.17, 15) is 13.2 Å². The Balaban J connectivity index is 2.10. The van der Waals surface area contributed by atoms with Crippen LogP contribution in [0, 0.1) is 5.82 Å². The Kier molecular flexibility index (Phi) is 7.21. The number of anilines is 1. The van der Waals surface area contributed by atoms with Crippen molar-refractivity contribution in [1.29, 1.82) is 0 Å². The van der Waals surface area contributed by atoms with Gasteiger partial charge in [-0.1, -0.05) is 11.6 Å². The first-order chi connectivity index (χ1) is 18.1. The van der Waals surface area contributed by atoms with Gasteiger partial charge in [-0.25, -0.2) is 27.6 Å². The third kappa shape index (κ3) is 6.91. The molecule has 0 aliphatic heterocycles. The molecule has 2 N–H and O–H groups in total. The zero-order valence-corrected chi connectivity index (χ0v) is 21.6. The van der Waals surface area contributed by atoms with Gasteiger partial charge in [0.25, 0.3) is 0 Å². The molecular weight excluding hydrogens is 511 g/mol. The molecule has 1 amide bonds. The maximum Gasteiger partial charge on any atom is 0.407 e. The van der Waals surface area contributed by atoms with E-state index in [0.29, 0.717) is 24.4 Å². The van der Waals surface area contributed by atoms with Crippen molar-refractivity contribution >= 4 is 33.4 Å². The molecule has 0 bridgehead atoms. The second kappa shape index (κ2) is 11.2. The molecule has 2 aromatic heterocycles. The molecule has 0 aliphatic rings. The van der Waals surface area contributed by atoms with Crippen LogP contribution < -0.4 is 10.0 Å². The van der Waals surface area contributed by atoms with Crippen molar-refractivity contribution in [2.24, 2.45) is 0 Å². The number of nitrogens with zero attached hydrogens (tertiary/aromatic N) is 4. The van der Waals surface area contributed by atoms with Crippen LogP contribution in [0.15, 0.2) is 30.6 Å². The Hall–Kier alpha value is -3.25. The highest BCUT2D eigenvalue weighted by atomic mass is 35.5. The summed E-state index contributed by atoms with van der Waals surface area (Å²) in [5, 5.41) is 7.05. The highest BCUT2D eigenvalue weighted by Crippen LogP contribution is 2.37. The highest BCUT2D eigenvalue weighted by Gasteiger charge is 2.22. The van der Waals surface area contributed by atoms with E-state index in [1.165, 1.54) is 37.2 Å². The minimum absolute atomic E-state index is 0.00743. The predicted molar refractivity (Wildman–Crippen MR) is 136 cm³/mol. The number of amides is 1. The zero-order chi connectivity index (χ0) is 29.1. The van der Waals surface area contributed by atoms with Crippen molar-refractivity contribution in [2.45, 2.75) is 45.6 Å². The first-order valence-corrected chi connectivity index (χ1v) is 13.1. The third-order valence-corrected chi connectivity index (χ3v) is 5.86. The summed E-state index contributed by atoms with van der Waals surface area (Å²) in [6.45, 7) is 0.818. The van der Waals surface area contributed by atoms with Crippen molar-refractivity contribution in [3.05, 3.63) is 47.3 Å². The van der Waals surface area contributed by atoms with Crippen LogP contribution in [-0.2, 0) is 21.2 Å². The number of aromatic nitrogens is 4. The van der Waals surface area contributed by atoms with E-state index in [0.717, 1.165) is 12.3 Å². The molecule has 36 heavy (non-hydrogen) atoms. The summed E-state index contributed by atoms with van der Waals surface area (Å²) in [4.78, 5) is 20.2. The van der Waals surface area contributed by atoms with E-state index in [4.69, 9.17) is 15.7 Å². The number of benzene rings is 1. The SMILES string of the molecule is [2H]C([2H])([2H])C(C)n1cc(-c2ccnc(CC[C@H](C)NC(=O)OC)n2)c(-c2cc(Cl)cc(NS(C)(=O)=O)c2F)n1. The lowest BCUT2D eigenvalue weighted by molar-refractivity contribution is 0.167. The molecule has 3 aromatic rings. The monoisotopic (exact) mass is 541 g/mol. The van der Waals surface area contributed by atoms with Crippen LogP contribution in [0.1, 0.15) is 43.1 Å². The number of hydrogen-bond donors (Lipinski definition) is 2. The van der Waals surface area contributed by atoms with Crippen molar-refractivity contribution in [1.82, 2.24) is 25.1 Å². The number of halogens is 2. The number of aryl methyl sites for hydroxylation is 1. The predicted octanol–water partition coefficient (Wildman–Crippen LogP) is 4.43. The standard InChI is InChI=1S/C23H28ClFN6O4S/c1-13(2)31-12-17(18-8-9-26-20(28-18)7-6-14(3)27-23(32)35-4)22(29-31)16-10-15(24)11-19(21(16)25)30-36(5,33)34/h8-14,30H,6-7H2,1-5H3,(H,27,32)/t14-/m0/s1/i1D3/t13?,14-. The van der Waals surface area contributed by atoms with E-state index in [-0.39, 0.29) is 33.6 Å². The number of rotatable bonds is 9. The molecule has 0 saturated carbocycles. The third-order valence-electron chi connectivity index (χ3n) is 5.05. The molecule has 2 heterocycles. The van der Waals surface area contributed by atoms with Gasteiger partial charge in [-0.05, 0) is 45.3 Å². The van der Waals surface area contributed by atoms with Crippen LogP contribution in [0.2, 0.25) is 5.02 Å². The van der Waals surface area contributed by atoms with Gasteiger partial charge in [-0.3, -0.25) is 9.40 Å². The average Bonchev–Trinajstić information content (AvgIpc) is 3.28. The molecule has 0 radical (unpaired) electrons. The normalized spacial score (nSPS) is 14.8. The summed E-state index contributed by atoms with van der Waals surface area (Å²) in [5.41, 5.74) is 0.0654. The van der Waals surface area contributed by atoms with E-state index < -0.39 is 34.8 Å². The largest absolute Gasteiger partial charge is 0.453 e. The van der Waals surface area contributed by atoms with E-state index in [1.807, 2.05) is 0 Å². The molecule has 1 unspecified atom stereocenters. The average molecular weight is 542 g/mol. The lowest BCUT2D eigenvalue weighted by Crippen LogP contribution is -2.32. The topological polar surface area (TPSA) is 128 Å². The van der Waals surface area contributed by atoms with Gasteiger partial charge in [0.2, 0.25) is 10.0 Å². The van der Waals surface area contributed by atoms with Crippen LogP contribution in [0.25, 0.3) is 22.5 Å². The number of carbonyl (C=O) groups is 1. The van der Waals surface area contributed by atoms with Gasteiger partial charge < -0.3 is 10.1 Å². The molecule has 0 aliphatic carbocycles. The number of hydrogen-bond acceptors (Lipinski definition) is 7. The van der Waals surface area contributed by atoms with E-state index in [2.05, 4.69) is 29.8 Å². The van der Waals surface area contributed by atoms with Gasteiger partial charge in [0, 0.05) is 51.2 Å². The molecule has 13 heteroatoms. The highest BCUT2D eigenvalue weighted by molar-refractivity contribution is 7.92. The van der Waals surface area contributed by atoms with Crippen molar-refractivity contribution in [2.75, 3.05) is 18.1 Å². The van der Waals surface area contributed by atoms with Crippen LogP contribution in [0.4, 0.5) is 14.9 Å². The Morgan fingerprint density at radius 3 is 2.75 bits per heavy atom. The second-order valence-electron chi connectivity index (χ2n) is 8.17. The molecule has 0 spiro atoms. The Morgan fingerprint density at radius 2 is 2.08 bits per heavy atom. The van der Waals surface area contributed by atoms with Crippen LogP contribution >= 0.6 is 11.6 Å². The number of ether oxygens (including phenoxy) is 1. The fourth-order valence-corrected chi connectivity index (χ4v) is 4.13. The lowest BCUT2D eigenvalue weighted by atomic mass is 10.0. The summed E-state index contributed by atoms with van der Waals surface area (Å²) in [7, 11) is -2.57. The molecule has 0 fully saturated rings. The van der Waals surface area contributed by atoms with Gasteiger partial charge in [-0.2, -0.15) is 5.10 Å². The van der Waals surface area contributed by atoms with E-state index >= 15 is 4.39 Å². The molecule has 3 rings (SSSR count). The molecule has 2 atom stereocenters. The lowest BCUT2D eigenvalue weighted by Gasteiger charge is -2.12. The maximum atomic E-state index is 15.6. The maximum absolute atomic E-state index is 15.6. The Labute approximate surface area is 218 Å². The number of nitrogens with one attached hydrogen (secondary N) is 2.